The normalized spacial score (nSPS) is 31.3. The van der Waals surface area contributed by atoms with E-state index in [2.05, 4.69) is 38.8 Å². The molecule has 6 heteroatoms. The van der Waals surface area contributed by atoms with Crippen LogP contribution in [0.25, 0.3) is 0 Å². The van der Waals surface area contributed by atoms with Crippen molar-refractivity contribution >= 4 is 11.8 Å². The fraction of sp³-hybridized carbons (Fsp3) is 0.538. The van der Waals surface area contributed by atoms with Crippen LogP contribution in [0.2, 0.25) is 0 Å². The molecule has 1 saturated carbocycles. The van der Waals surface area contributed by atoms with Gasteiger partial charge in [0.2, 0.25) is 5.91 Å². The molecule has 1 aromatic carbocycles. The van der Waals surface area contributed by atoms with Gasteiger partial charge in [-0.3, -0.25) is 14.6 Å². The molecule has 3 fully saturated rings. The van der Waals surface area contributed by atoms with Crippen molar-refractivity contribution in [2.45, 2.75) is 83.5 Å². The van der Waals surface area contributed by atoms with Crippen LogP contribution in [0, 0.1) is 12.3 Å². The Morgan fingerprint density at radius 2 is 1.72 bits per heavy atom. The van der Waals surface area contributed by atoms with Crippen molar-refractivity contribution < 1.29 is 9.59 Å². The standard InChI is InChI=1S/C26H32N4O2/c1-17-15-28-20(16-27-17)25(32)30-22-14-26(3)23(11-7-8-12-24(26)30)29(18(2)31)21(22)13-19-9-5-4-6-10-19/h4-6,9-10,15-16,21-24H,7-8,11-14H2,1-3H3/t21-,22+,23-,24+,26-/m1/s1. The molecule has 5 rings (SSSR count). The zero-order valence-corrected chi connectivity index (χ0v) is 19.2. The predicted octanol–water partition coefficient (Wildman–Crippen LogP) is 3.79. The Morgan fingerprint density at radius 1 is 1.03 bits per heavy atom. The number of carbonyl (C=O) groups excluding carboxylic acids is 2. The fourth-order valence-corrected chi connectivity index (χ4v) is 6.73. The summed E-state index contributed by atoms with van der Waals surface area (Å²) in [6.07, 6.45) is 9.14. The molecule has 0 radical (unpaired) electrons. The van der Waals surface area contributed by atoms with Gasteiger partial charge in [-0.15, -0.1) is 0 Å². The van der Waals surface area contributed by atoms with Crippen molar-refractivity contribution in [2.75, 3.05) is 0 Å². The van der Waals surface area contributed by atoms with Gasteiger partial charge in [-0.1, -0.05) is 50.1 Å². The first-order chi connectivity index (χ1) is 15.4. The highest BCUT2D eigenvalue weighted by molar-refractivity contribution is 5.93. The molecule has 2 saturated heterocycles. The van der Waals surface area contributed by atoms with Crippen LogP contribution in [0.4, 0.5) is 0 Å². The molecule has 3 aliphatic rings. The van der Waals surface area contributed by atoms with Gasteiger partial charge in [-0.2, -0.15) is 0 Å². The maximum absolute atomic E-state index is 13.8. The molecule has 5 atom stereocenters. The van der Waals surface area contributed by atoms with Crippen LogP contribution in [-0.2, 0) is 11.2 Å². The molecule has 3 heterocycles. The first-order valence-electron chi connectivity index (χ1n) is 11.8. The molecule has 0 spiro atoms. The van der Waals surface area contributed by atoms with Crippen LogP contribution in [0.15, 0.2) is 42.7 Å². The molecule has 1 aromatic heterocycles. The van der Waals surface area contributed by atoms with E-state index in [9.17, 15) is 9.59 Å². The fourth-order valence-electron chi connectivity index (χ4n) is 6.73. The van der Waals surface area contributed by atoms with Crippen molar-refractivity contribution in [3.05, 3.63) is 59.7 Å². The monoisotopic (exact) mass is 432 g/mol. The molecule has 2 aromatic rings. The number of likely N-dealkylation sites (tertiary alicyclic amines) is 2. The Morgan fingerprint density at radius 3 is 2.34 bits per heavy atom. The van der Waals surface area contributed by atoms with Crippen LogP contribution in [0.3, 0.4) is 0 Å². The van der Waals surface area contributed by atoms with E-state index in [1.807, 2.05) is 25.1 Å². The number of piperidine rings is 1. The SMILES string of the molecule is CC(=O)N1[C@H](Cc2ccccc2)[C@@H]2C[C@@]3(C)[C@H](CCCC[C@@H]13)N2C(=O)c1cnc(C)cn1. The quantitative estimate of drug-likeness (QED) is 0.740. The molecule has 2 bridgehead atoms. The van der Waals surface area contributed by atoms with Crippen molar-refractivity contribution in [3.8, 4) is 0 Å². The number of aryl methyl sites for hydroxylation is 1. The number of rotatable bonds is 3. The van der Waals surface area contributed by atoms with E-state index in [0.29, 0.717) is 5.69 Å². The topological polar surface area (TPSA) is 66.4 Å². The van der Waals surface area contributed by atoms with Gasteiger partial charge in [-0.05, 0) is 38.2 Å². The average molecular weight is 433 g/mol. The van der Waals surface area contributed by atoms with Crippen molar-refractivity contribution in [2.24, 2.45) is 5.41 Å². The Bertz CT molecular complexity index is 1010. The van der Waals surface area contributed by atoms with E-state index in [1.54, 1.807) is 19.3 Å². The second-order valence-corrected chi connectivity index (χ2v) is 10.0. The lowest BCUT2D eigenvalue weighted by molar-refractivity contribution is -0.141. The Kier molecular flexibility index (Phi) is 5.26. The summed E-state index contributed by atoms with van der Waals surface area (Å²) in [6.45, 7) is 5.88. The highest BCUT2D eigenvalue weighted by Crippen LogP contribution is 2.55. The summed E-state index contributed by atoms with van der Waals surface area (Å²) in [5.74, 6) is 0.0808. The molecule has 6 nitrogen and oxygen atoms in total. The van der Waals surface area contributed by atoms with E-state index in [-0.39, 0.29) is 41.4 Å². The van der Waals surface area contributed by atoms with Gasteiger partial charge in [0.25, 0.3) is 5.91 Å². The Balaban J connectivity index is 1.60. The number of carbonyl (C=O) groups is 2. The number of benzene rings is 1. The second kappa shape index (κ2) is 7.98. The Labute approximate surface area is 190 Å². The predicted molar refractivity (Wildman–Crippen MR) is 122 cm³/mol. The van der Waals surface area contributed by atoms with E-state index < -0.39 is 0 Å². The van der Waals surface area contributed by atoms with E-state index in [4.69, 9.17) is 0 Å². The third-order valence-corrected chi connectivity index (χ3v) is 8.09. The lowest BCUT2D eigenvalue weighted by Gasteiger charge is -2.50. The molecule has 32 heavy (non-hydrogen) atoms. The molecule has 168 valence electrons. The average Bonchev–Trinajstić information content (AvgIpc) is 2.93. The van der Waals surface area contributed by atoms with Crippen LogP contribution in [-0.4, -0.2) is 55.7 Å². The number of aromatic nitrogens is 2. The largest absolute Gasteiger partial charge is 0.334 e. The maximum Gasteiger partial charge on any atom is 0.274 e. The lowest BCUT2D eigenvalue weighted by atomic mass is 9.69. The van der Waals surface area contributed by atoms with Crippen LogP contribution in [0.5, 0.6) is 0 Å². The van der Waals surface area contributed by atoms with Crippen LogP contribution < -0.4 is 0 Å². The van der Waals surface area contributed by atoms with Gasteiger partial charge < -0.3 is 9.80 Å². The zero-order valence-electron chi connectivity index (χ0n) is 19.2. The van der Waals surface area contributed by atoms with Gasteiger partial charge >= 0.3 is 0 Å². The first-order valence-corrected chi connectivity index (χ1v) is 11.8. The third-order valence-electron chi connectivity index (χ3n) is 8.09. The van der Waals surface area contributed by atoms with Crippen molar-refractivity contribution in [1.29, 1.82) is 0 Å². The van der Waals surface area contributed by atoms with Crippen LogP contribution >= 0.6 is 0 Å². The summed E-state index contributed by atoms with van der Waals surface area (Å²) in [5, 5.41) is 0. The van der Waals surface area contributed by atoms with Crippen LogP contribution in [0.1, 0.15) is 67.7 Å². The molecule has 2 amide bonds. The number of amides is 2. The molecular weight excluding hydrogens is 400 g/mol. The minimum Gasteiger partial charge on any atom is -0.334 e. The van der Waals surface area contributed by atoms with Gasteiger partial charge in [0.05, 0.1) is 24.0 Å². The zero-order chi connectivity index (χ0) is 22.5. The molecule has 1 aliphatic carbocycles. The maximum atomic E-state index is 13.8. The van der Waals surface area contributed by atoms with E-state index >= 15 is 0 Å². The van der Waals surface area contributed by atoms with Crippen molar-refractivity contribution in [1.82, 2.24) is 19.8 Å². The van der Waals surface area contributed by atoms with Gasteiger partial charge in [0.1, 0.15) is 5.69 Å². The smallest absolute Gasteiger partial charge is 0.274 e. The number of fused-ring (bicyclic) bond motifs is 1. The minimum atomic E-state index is -0.0895. The Hall–Kier alpha value is -2.76. The molecule has 0 unspecified atom stereocenters. The summed E-state index contributed by atoms with van der Waals surface area (Å²) in [6, 6.07) is 10.6. The highest BCUT2D eigenvalue weighted by atomic mass is 16.2. The van der Waals surface area contributed by atoms with E-state index in [1.165, 1.54) is 5.56 Å². The molecule has 0 N–H and O–H groups in total. The van der Waals surface area contributed by atoms with Crippen molar-refractivity contribution in [3.63, 3.8) is 0 Å². The molecule has 2 aliphatic heterocycles. The first kappa shape index (κ1) is 21.1. The van der Waals surface area contributed by atoms with Gasteiger partial charge in [0.15, 0.2) is 0 Å². The number of hydrogen-bond donors (Lipinski definition) is 0. The number of nitrogens with zero attached hydrogens (tertiary/aromatic N) is 4. The summed E-state index contributed by atoms with van der Waals surface area (Å²) in [4.78, 5) is 39.9. The van der Waals surface area contributed by atoms with E-state index in [0.717, 1.165) is 44.2 Å². The summed E-state index contributed by atoms with van der Waals surface area (Å²) in [5.41, 5.74) is 2.32. The summed E-state index contributed by atoms with van der Waals surface area (Å²) < 4.78 is 0. The minimum absolute atomic E-state index is 0.0148. The highest BCUT2D eigenvalue weighted by Gasteiger charge is 2.63. The van der Waals surface area contributed by atoms with Gasteiger partial charge in [0, 0.05) is 30.6 Å². The number of hydrogen-bond acceptors (Lipinski definition) is 4. The molecular formula is C26H32N4O2. The summed E-state index contributed by atoms with van der Waals surface area (Å²) >= 11 is 0. The van der Waals surface area contributed by atoms with Gasteiger partial charge in [-0.25, -0.2) is 4.98 Å². The summed E-state index contributed by atoms with van der Waals surface area (Å²) in [7, 11) is 0. The lowest BCUT2D eigenvalue weighted by Crippen LogP contribution is -2.61. The third kappa shape index (κ3) is 3.31. The second-order valence-electron chi connectivity index (χ2n) is 10.0.